The van der Waals surface area contributed by atoms with Crippen LogP contribution in [0.2, 0.25) is 0 Å². The van der Waals surface area contributed by atoms with Gasteiger partial charge in [-0.1, -0.05) is 35.3 Å². The van der Waals surface area contributed by atoms with Crippen molar-refractivity contribution in [3.8, 4) is 0 Å². The van der Waals surface area contributed by atoms with Crippen molar-refractivity contribution in [1.29, 1.82) is 0 Å². The van der Waals surface area contributed by atoms with Gasteiger partial charge in [-0.2, -0.15) is 0 Å². The molecule has 0 spiro atoms. The summed E-state index contributed by atoms with van der Waals surface area (Å²) in [5.74, 6) is -0.0531. The van der Waals surface area contributed by atoms with Crippen molar-refractivity contribution < 1.29 is 9.90 Å². The molecule has 0 fully saturated rings. The van der Waals surface area contributed by atoms with Crippen molar-refractivity contribution in [1.82, 2.24) is 4.90 Å². The summed E-state index contributed by atoms with van der Waals surface area (Å²) in [5, 5.41) is 11.9. The van der Waals surface area contributed by atoms with Crippen LogP contribution in [-0.4, -0.2) is 42.2 Å². The van der Waals surface area contributed by atoms with Crippen molar-refractivity contribution in [2.24, 2.45) is 0 Å². The maximum Gasteiger partial charge on any atom is 0.238 e. The van der Waals surface area contributed by atoms with Gasteiger partial charge < -0.3 is 10.4 Å². The van der Waals surface area contributed by atoms with Gasteiger partial charge >= 0.3 is 0 Å². The van der Waals surface area contributed by atoms with Crippen LogP contribution < -0.4 is 5.32 Å². The SMILES string of the molecule is CCCCN(CCO)CC(=O)Nc1cccc(Br)c1. The summed E-state index contributed by atoms with van der Waals surface area (Å²) in [4.78, 5) is 13.9. The molecule has 106 valence electrons. The Labute approximate surface area is 122 Å². The fourth-order valence-corrected chi connectivity index (χ4v) is 2.16. The molecular weight excluding hydrogens is 308 g/mol. The summed E-state index contributed by atoms with van der Waals surface area (Å²) >= 11 is 3.37. The second kappa shape index (κ2) is 9.07. The lowest BCUT2D eigenvalue weighted by molar-refractivity contribution is -0.117. The summed E-state index contributed by atoms with van der Waals surface area (Å²) in [6.07, 6.45) is 2.11. The van der Waals surface area contributed by atoms with E-state index in [1.54, 1.807) is 0 Å². The number of hydrogen-bond donors (Lipinski definition) is 2. The highest BCUT2D eigenvalue weighted by molar-refractivity contribution is 9.10. The second-order valence-corrected chi connectivity index (χ2v) is 5.33. The predicted molar refractivity (Wildman–Crippen MR) is 81.2 cm³/mol. The van der Waals surface area contributed by atoms with Crippen LogP contribution in [-0.2, 0) is 4.79 Å². The third kappa shape index (κ3) is 6.71. The number of benzene rings is 1. The van der Waals surface area contributed by atoms with Crippen molar-refractivity contribution in [3.63, 3.8) is 0 Å². The number of unbranched alkanes of at least 4 members (excludes halogenated alkanes) is 1. The van der Waals surface area contributed by atoms with Gasteiger partial charge in [0.05, 0.1) is 13.2 Å². The number of aliphatic hydroxyl groups is 1. The Balaban J connectivity index is 2.47. The number of nitrogens with zero attached hydrogens (tertiary/aromatic N) is 1. The quantitative estimate of drug-likeness (QED) is 0.770. The van der Waals surface area contributed by atoms with E-state index in [1.165, 1.54) is 0 Å². The summed E-state index contributed by atoms with van der Waals surface area (Å²) in [6, 6.07) is 7.50. The summed E-state index contributed by atoms with van der Waals surface area (Å²) in [6.45, 7) is 3.87. The van der Waals surface area contributed by atoms with Gasteiger partial charge in [-0.25, -0.2) is 0 Å². The Kier molecular flexibility index (Phi) is 7.70. The molecule has 1 aromatic carbocycles. The molecule has 0 heterocycles. The van der Waals surface area contributed by atoms with Gasteiger partial charge in [0.2, 0.25) is 5.91 Å². The summed E-state index contributed by atoms with van der Waals surface area (Å²) < 4.78 is 0.934. The molecule has 0 saturated carbocycles. The van der Waals surface area contributed by atoms with Gasteiger partial charge in [0.15, 0.2) is 0 Å². The lowest BCUT2D eigenvalue weighted by Gasteiger charge is -2.20. The topological polar surface area (TPSA) is 52.6 Å². The Morgan fingerprint density at radius 2 is 2.21 bits per heavy atom. The first kappa shape index (κ1) is 16.1. The van der Waals surface area contributed by atoms with E-state index >= 15 is 0 Å². The van der Waals surface area contributed by atoms with Crippen molar-refractivity contribution in [2.75, 3.05) is 31.6 Å². The Morgan fingerprint density at radius 1 is 1.42 bits per heavy atom. The van der Waals surface area contributed by atoms with Gasteiger partial charge in [-0.3, -0.25) is 9.69 Å². The molecule has 0 aromatic heterocycles. The largest absolute Gasteiger partial charge is 0.395 e. The van der Waals surface area contributed by atoms with Crippen LogP contribution in [0, 0.1) is 0 Å². The van der Waals surface area contributed by atoms with E-state index in [0.717, 1.165) is 29.5 Å². The monoisotopic (exact) mass is 328 g/mol. The Morgan fingerprint density at radius 3 is 2.84 bits per heavy atom. The van der Waals surface area contributed by atoms with E-state index in [-0.39, 0.29) is 12.5 Å². The summed E-state index contributed by atoms with van der Waals surface area (Å²) in [5.41, 5.74) is 0.777. The molecule has 0 atom stereocenters. The van der Waals surface area contributed by atoms with Crippen LogP contribution in [0.25, 0.3) is 0 Å². The lowest BCUT2D eigenvalue weighted by atomic mass is 10.3. The molecule has 1 rings (SSSR count). The van der Waals surface area contributed by atoms with Gasteiger partial charge in [-0.15, -0.1) is 0 Å². The molecule has 5 heteroatoms. The first-order valence-electron chi connectivity index (χ1n) is 6.54. The zero-order valence-corrected chi connectivity index (χ0v) is 12.8. The highest BCUT2D eigenvalue weighted by Crippen LogP contribution is 2.15. The lowest BCUT2D eigenvalue weighted by Crippen LogP contribution is -2.35. The van der Waals surface area contributed by atoms with E-state index in [9.17, 15) is 4.79 Å². The van der Waals surface area contributed by atoms with Gasteiger partial charge in [-0.05, 0) is 31.2 Å². The van der Waals surface area contributed by atoms with E-state index in [1.807, 2.05) is 29.2 Å². The molecular formula is C14H21BrN2O2. The molecule has 0 radical (unpaired) electrons. The highest BCUT2D eigenvalue weighted by Gasteiger charge is 2.10. The van der Waals surface area contributed by atoms with Gasteiger partial charge in [0.1, 0.15) is 0 Å². The normalized spacial score (nSPS) is 10.7. The van der Waals surface area contributed by atoms with Crippen LogP contribution in [0.4, 0.5) is 5.69 Å². The molecule has 0 unspecified atom stereocenters. The standard InChI is InChI=1S/C14H21BrN2O2/c1-2-3-7-17(8-9-18)11-14(19)16-13-6-4-5-12(15)10-13/h4-6,10,18H,2-3,7-9,11H2,1H3,(H,16,19). The molecule has 1 aromatic rings. The fraction of sp³-hybridized carbons (Fsp3) is 0.500. The van der Waals surface area contributed by atoms with E-state index < -0.39 is 0 Å². The number of nitrogens with one attached hydrogen (secondary N) is 1. The maximum absolute atomic E-state index is 11.9. The van der Waals surface area contributed by atoms with E-state index in [2.05, 4.69) is 28.2 Å². The molecule has 0 saturated heterocycles. The fourth-order valence-electron chi connectivity index (χ4n) is 1.76. The average molecular weight is 329 g/mol. The minimum Gasteiger partial charge on any atom is -0.395 e. The van der Waals surface area contributed by atoms with E-state index in [4.69, 9.17) is 5.11 Å². The van der Waals surface area contributed by atoms with Crippen LogP contribution >= 0.6 is 15.9 Å². The molecule has 0 bridgehead atoms. The first-order chi connectivity index (χ1) is 9.15. The Bertz CT molecular complexity index is 399. The third-order valence-electron chi connectivity index (χ3n) is 2.72. The highest BCUT2D eigenvalue weighted by atomic mass is 79.9. The molecule has 0 aliphatic heterocycles. The Hall–Kier alpha value is -0.910. The van der Waals surface area contributed by atoms with Crippen molar-refractivity contribution in [3.05, 3.63) is 28.7 Å². The minimum atomic E-state index is -0.0531. The molecule has 1 amide bonds. The summed E-state index contributed by atoms with van der Waals surface area (Å²) in [7, 11) is 0. The number of anilines is 1. The number of halogens is 1. The number of hydrogen-bond acceptors (Lipinski definition) is 3. The number of aliphatic hydroxyl groups excluding tert-OH is 1. The van der Waals surface area contributed by atoms with E-state index in [0.29, 0.717) is 13.1 Å². The number of carbonyl (C=O) groups excluding carboxylic acids is 1. The zero-order chi connectivity index (χ0) is 14.1. The smallest absolute Gasteiger partial charge is 0.238 e. The minimum absolute atomic E-state index is 0.0531. The van der Waals surface area contributed by atoms with Crippen LogP contribution in [0.1, 0.15) is 19.8 Å². The zero-order valence-electron chi connectivity index (χ0n) is 11.2. The number of amides is 1. The molecule has 2 N–H and O–H groups in total. The van der Waals surface area contributed by atoms with Crippen molar-refractivity contribution >= 4 is 27.5 Å². The predicted octanol–water partition coefficient (Wildman–Crippen LogP) is 2.48. The van der Waals surface area contributed by atoms with Crippen LogP contribution in [0.3, 0.4) is 0 Å². The average Bonchev–Trinajstić information content (AvgIpc) is 2.36. The molecule has 19 heavy (non-hydrogen) atoms. The molecule has 4 nitrogen and oxygen atoms in total. The van der Waals surface area contributed by atoms with Crippen LogP contribution in [0.15, 0.2) is 28.7 Å². The van der Waals surface area contributed by atoms with Crippen molar-refractivity contribution in [2.45, 2.75) is 19.8 Å². The van der Waals surface area contributed by atoms with Crippen LogP contribution in [0.5, 0.6) is 0 Å². The molecule has 0 aliphatic carbocycles. The third-order valence-corrected chi connectivity index (χ3v) is 3.21. The second-order valence-electron chi connectivity index (χ2n) is 4.41. The number of carbonyl (C=O) groups is 1. The first-order valence-corrected chi connectivity index (χ1v) is 7.33. The maximum atomic E-state index is 11.9. The number of rotatable bonds is 8. The molecule has 0 aliphatic rings. The van der Waals surface area contributed by atoms with Gasteiger partial charge in [0.25, 0.3) is 0 Å². The van der Waals surface area contributed by atoms with Gasteiger partial charge in [0, 0.05) is 16.7 Å².